The molecule has 1 aliphatic heterocycles. The Bertz CT molecular complexity index is 848. The summed E-state index contributed by atoms with van der Waals surface area (Å²) in [6.07, 6.45) is 0. The van der Waals surface area contributed by atoms with E-state index in [0.717, 1.165) is 4.90 Å². The van der Waals surface area contributed by atoms with Gasteiger partial charge in [-0.2, -0.15) is 0 Å². The Balaban J connectivity index is 1.57. The van der Waals surface area contributed by atoms with Gasteiger partial charge in [-0.15, -0.1) is 11.8 Å². The van der Waals surface area contributed by atoms with Crippen molar-refractivity contribution in [3.63, 3.8) is 0 Å². The quantitative estimate of drug-likeness (QED) is 0.446. The third-order valence-corrected chi connectivity index (χ3v) is 5.89. The van der Waals surface area contributed by atoms with Crippen molar-refractivity contribution in [1.29, 1.82) is 0 Å². The highest BCUT2D eigenvalue weighted by Gasteiger charge is 2.25. The van der Waals surface area contributed by atoms with Crippen LogP contribution in [-0.2, 0) is 4.79 Å². The van der Waals surface area contributed by atoms with Gasteiger partial charge < -0.3 is 9.80 Å². The fourth-order valence-corrected chi connectivity index (χ4v) is 4.20. The fourth-order valence-electron chi connectivity index (χ4n) is 3.18. The molecular weight excluding hydrogens is 362 g/mol. The molecule has 0 aromatic heterocycles. The molecule has 0 spiro atoms. The molecule has 27 heavy (non-hydrogen) atoms. The highest BCUT2D eigenvalue weighted by Crippen LogP contribution is 2.29. The molecule has 6 nitrogen and oxygen atoms in total. The minimum Gasteiger partial charge on any atom is -0.362 e. The van der Waals surface area contributed by atoms with E-state index in [-0.39, 0.29) is 16.5 Å². The van der Waals surface area contributed by atoms with Crippen LogP contribution in [0.25, 0.3) is 0 Å². The largest absolute Gasteiger partial charge is 0.362 e. The van der Waals surface area contributed by atoms with Crippen LogP contribution in [0.2, 0.25) is 0 Å². The molecule has 2 aromatic rings. The molecule has 1 fully saturated rings. The molecule has 1 heterocycles. The number of piperazine rings is 1. The van der Waals surface area contributed by atoms with Crippen molar-refractivity contribution in [3.05, 3.63) is 63.7 Å². The van der Waals surface area contributed by atoms with Crippen LogP contribution < -0.4 is 4.90 Å². The van der Waals surface area contributed by atoms with Gasteiger partial charge in [-0.25, -0.2) is 0 Å². The summed E-state index contributed by atoms with van der Waals surface area (Å²) >= 11 is 1.57. The Morgan fingerprint density at radius 1 is 1.11 bits per heavy atom. The number of carbonyl (C=O) groups is 1. The predicted molar refractivity (Wildman–Crippen MR) is 109 cm³/mol. The first-order valence-electron chi connectivity index (χ1n) is 8.92. The minimum absolute atomic E-state index is 0.114. The number of nitrogens with zero attached hydrogens (tertiary/aromatic N) is 3. The number of para-hydroxylation sites is 2. The number of aryl methyl sites for hydroxylation is 2. The number of rotatable bonds is 5. The number of nitro groups is 1. The molecule has 7 heteroatoms. The zero-order valence-corrected chi connectivity index (χ0v) is 16.4. The van der Waals surface area contributed by atoms with Crippen molar-refractivity contribution in [2.24, 2.45) is 0 Å². The van der Waals surface area contributed by atoms with Crippen LogP contribution in [0.4, 0.5) is 11.4 Å². The van der Waals surface area contributed by atoms with Crippen molar-refractivity contribution in [2.75, 3.05) is 36.8 Å². The number of benzene rings is 2. The van der Waals surface area contributed by atoms with E-state index < -0.39 is 0 Å². The maximum absolute atomic E-state index is 12.6. The standard InChI is InChI=1S/C20H23N3O3S/c1-15-7-8-16(2)19(13-15)27-14-20(24)22-11-9-21(10-12-22)17-5-3-4-6-18(17)23(25)26/h3-8,13H,9-12,14H2,1-2H3. The second-order valence-electron chi connectivity index (χ2n) is 6.67. The lowest BCUT2D eigenvalue weighted by Gasteiger charge is -2.35. The van der Waals surface area contributed by atoms with Gasteiger partial charge in [-0.1, -0.05) is 29.8 Å². The van der Waals surface area contributed by atoms with Gasteiger partial charge in [0.25, 0.3) is 5.69 Å². The van der Waals surface area contributed by atoms with E-state index in [0.29, 0.717) is 37.6 Å². The first-order valence-corrected chi connectivity index (χ1v) is 9.90. The first-order chi connectivity index (χ1) is 13.0. The van der Waals surface area contributed by atoms with Crippen molar-refractivity contribution in [1.82, 2.24) is 4.90 Å². The fraction of sp³-hybridized carbons (Fsp3) is 0.350. The van der Waals surface area contributed by atoms with E-state index in [4.69, 9.17) is 0 Å². The minimum atomic E-state index is -0.353. The topological polar surface area (TPSA) is 66.7 Å². The Kier molecular flexibility index (Phi) is 6.01. The molecule has 2 aromatic carbocycles. The molecule has 0 atom stereocenters. The summed E-state index contributed by atoms with van der Waals surface area (Å²) in [6, 6.07) is 13.0. The molecule has 0 bridgehead atoms. The number of amides is 1. The van der Waals surface area contributed by atoms with Crippen LogP contribution in [-0.4, -0.2) is 47.7 Å². The zero-order valence-electron chi connectivity index (χ0n) is 15.6. The van der Waals surface area contributed by atoms with E-state index in [2.05, 4.69) is 25.1 Å². The number of nitro benzene ring substituents is 1. The van der Waals surface area contributed by atoms with Gasteiger partial charge in [0.15, 0.2) is 0 Å². The van der Waals surface area contributed by atoms with Crippen molar-refractivity contribution in [2.45, 2.75) is 18.7 Å². The second-order valence-corrected chi connectivity index (χ2v) is 7.69. The molecule has 0 aliphatic carbocycles. The van der Waals surface area contributed by atoms with Crippen molar-refractivity contribution in [3.8, 4) is 0 Å². The summed E-state index contributed by atoms with van der Waals surface area (Å²) in [7, 11) is 0. The molecule has 0 saturated carbocycles. The third-order valence-electron chi connectivity index (χ3n) is 4.75. The van der Waals surface area contributed by atoms with E-state index in [1.54, 1.807) is 30.0 Å². The lowest BCUT2D eigenvalue weighted by Crippen LogP contribution is -2.49. The van der Waals surface area contributed by atoms with E-state index >= 15 is 0 Å². The van der Waals surface area contributed by atoms with Crippen LogP contribution in [0.3, 0.4) is 0 Å². The second kappa shape index (κ2) is 8.43. The van der Waals surface area contributed by atoms with Gasteiger partial charge in [0.2, 0.25) is 5.91 Å². The van der Waals surface area contributed by atoms with Crippen LogP contribution in [0.5, 0.6) is 0 Å². The van der Waals surface area contributed by atoms with Gasteiger partial charge >= 0.3 is 0 Å². The molecule has 0 unspecified atom stereocenters. The van der Waals surface area contributed by atoms with Crippen molar-refractivity contribution >= 4 is 29.0 Å². The number of hydrogen-bond acceptors (Lipinski definition) is 5. The Morgan fingerprint density at radius 2 is 1.81 bits per heavy atom. The van der Waals surface area contributed by atoms with Gasteiger partial charge in [0.1, 0.15) is 5.69 Å². The summed E-state index contributed by atoms with van der Waals surface area (Å²) in [4.78, 5) is 28.4. The average molecular weight is 385 g/mol. The first kappa shape index (κ1) is 19.2. The number of anilines is 1. The van der Waals surface area contributed by atoms with Crippen LogP contribution >= 0.6 is 11.8 Å². The Labute approximate surface area is 163 Å². The number of thioether (sulfide) groups is 1. The summed E-state index contributed by atoms with van der Waals surface area (Å²) in [5, 5.41) is 11.2. The maximum Gasteiger partial charge on any atom is 0.292 e. The van der Waals surface area contributed by atoms with E-state index in [1.807, 2.05) is 16.7 Å². The van der Waals surface area contributed by atoms with Crippen LogP contribution in [0, 0.1) is 24.0 Å². The normalized spacial score (nSPS) is 14.3. The maximum atomic E-state index is 12.6. The lowest BCUT2D eigenvalue weighted by atomic mass is 10.2. The summed E-state index contributed by atoms with van der Waals surface area (Å²) in [5.74, 6) is 0.526. The SMILES string of the molecule is Cc1ccc(C)c(SCC(=O)N2CCN(c3ccccc3[N+](=O)[O-])CC2)c1. The molecule has 142 valence electrons. The van der Waals surface area contributed by atoms with E-state index in [9.17, 15) is 14.9 Å². The smallest absolute Gasteiger partial charge is 0.292 e. The van der Waals surface area contributed by atoms with Gasteiger partial charge in [0, 0.05) is 37.1 Å². The number of carbonyl (C=O) groups excluding carboxylic acids is 1. The summed E-state index contributed by atoms with van der Waals surface area (Å²) in [6.45, 7) is 6.47. The Morgan fingerprint density at radius 3 is 2.52 bits per heavy atom. The molecule has 1 saturated heterocycles. The van der Waals surface area contributed by atoms with E-state index in [1.165, 1.54) is 17.2 Å². The van der Waals surface area contributed by atoms with Gasteiger partial charge in [0.05, 0.1) is 10.7 Å². The summed E-state index contributed by atoms with van der Waals surface area (Å²) in [5.41, 5.74) is 3.11. The van der Waals surface area contributed by atoms with Crippen LogP contribution in [0.1, 0.15) is 11.1 Å². The van der Waals surface area contributed by atoms with Crippen LogP contribution in [0.15, 0.2) is 47.4 Å². The highest BCUT2D eigenvalue weighted by molar-refractivity contribution is 8.00. The third kappa shape index (κ3) is 4.60. The monoisotopic (exact) mass is 385 g/mol. The predicted octanol–water partition coefficient (Wildman–Crippen LogP) is 3.65. The van der Waals surface area contributed by atoms with Gasteiger partial charge in [-0.3, -0.25) is 14.9 Å². The Hall–Kier alpha value is -2.54. The molecule has 0 N–H and O–H groups in total. The van der Waals surface area contributed by atoms with Gasteiger partial charge in [-0.05, 0) is 31.5 Å². The molecule has 3 rings (SSSR count). The lowest BCUT2D eigenvalue weighted by molar-refractivity contribution is -0.384. The molecule has 1 amide bonds. The number of hydrogen-bond donors (Lipinski definition) is 0. The zero-order chi connectivity index (χ0) is 19.4. The highest BCUT2D eigenvalue weighted by atomic mass is 32.2. The van der Waals surface area contributed by atoms with Crippen molar-refractivity contribution < 1.29 is 9.72 Å². The molecule has 0 radical (unpaired) electrons. The summed E-state index contributed by atoms with van der Waals surface area (Å²) < 4.78 is 0. The molecule has 1 aliphatic rings. The average Bonchev–Trinajstić information content (AvgIpc) is 2.68. The molecular formula is C20H23N3O3S.